The molecule has 0 unspecified atom stereocenters. The molecule has 9 heteroatoms. The molecule has 2 heterocycles. The number of esters is 1. The predicted octanol–water partition coefficient (Wildman–Crippen LogP) is 1.12. The number of benzene rings is 1. The second-order valence-electron chi connectivity index (χ2n) is 6.04. The number of para-hydroxylation sites is 1. The molecule has 1 aliphatic heterocycles. The molecule has 1 aliphatic rings. The lowest BCUT2D eigenvalue weighted by Gasteiger charge is -2.27. The van der Waals surface area contributed by atoms with Gasteiger partial charge in [0.2, 0.25) is 0 Å². The van der Waals surface area contributed by atoms with Crippen LogP contribution in [0.3, 0.4) is 0 Å². The van der Waals surface area contributed by atoms with E-state index in [1.165, 1.54) is 14.8 Å². The van der Waals surface area contributed by atoms with Gasteiger partial charge in [0, 0.05) is 13.1 Å². The summed E-state index contributed by atoms with van der Waals surface area (Å²) in [6.07, 6.45) is 0.236. The third-order valence-electron chi connectivity index (χ3n) is 4.13. The molecule has 3 rings (SSSR count). The van der Waals surface area contributed by atoms with Crippen molar-refractivity contribution in [2.24, 2.45) is 0 Å². The van der Waals surface area contributed by atoms with Gasteiger partial charge in [-0.1, -0.05) is 18.2 Å². The number of hydrogen-bond donors (Lipinski definition) is 0. The molecule has 9 nitrogen and oxygen atoms in total. The van der Waals surface area contributed by atoms with Crippen LogP contribution >= 0.6 is 0 Å². The van der Waals surface area contributed by atoms with Crippen molar-refractivity contribution in [3.8, 4) is 5.69 Å². The molecule has 142 valence electrons. The monoisotopic (exact) mass is 371 g/mol. The van der Waals surface area contributed by atoms with Crippen LogP contribution in [-0.4, -0.2) is 62.5 Å². The number of aryl methyl sites for hydroxylation is 1. The Balaban J connectivity index is 1.78. The van der Waals surface area contributed by atoms with Crippen LogP contribution in [0.1, 0.15) is 35.9 Å². The van der Waals surface area contributed by atoms with E-state index in [1.54, 1.807) is 13.8 Å². The minimum atomic E-state index is -0.604. The molecule has 0 N–H and O–H groups in total. The fourth-order valence-electron chi connectivity index (χ4n) is 2.88. The highest BCUT2D eigenvalue weighted by atomic mass is 16.5. The van der Waals surface area contributed by atoms with Crippen LogP contribution in [0.4, 0.5) is 0 Å². The number of amides is 2. The minimum absolute atomic E-state index is 0.176. The van der Waals surface area contributed by atoms with E-state index < -0.39 is 24.2 Å². The van der Waals surface area contributed by atoms with Crippen LogP contribution in [0.2, 0.25) is 0 Å². The lowest BCUT2D eigenvalue weighted by molar-refractivity contribution is -0.152. The summed E-state index contributed by atoms with van der Waals surface area (Å²) in [6, 6.07) is 9.25. The van der Waals surface area contributed by atoms with Gasteiger partial charge >= 0.3 is 5.97 Å². The van der Waals surface area contributed by atoms with Crippen LogP contribution < -0.4 is 0 Å². The number of aromatic nitrogens is 3. The molecule has 0 saturated carbocycles. The highest BCUT2D eigenvalue weighted by Crippen LogP contribution is 2.17. The van der Waals surface area contributed by atoms with Gasteiger partial charge in [0.15, 0.2) is 5.69 Å². The van der Waals surface area contributed by atoms with Gasteiger partial charge in [0.05, 0.1) is 18.0 Å². The average Bonchev–Trinajstić information content (AvgIpc) is 3.29. The lowest BCUT2D eigenvalue weighted by Crippen LogP contribution is -2.45. The standard InChI is InChI=1S/C18H21N5O4/c1-3-27-16(25)12-15(24)21-10-7-11-22(21)18(26)17-13(2)19-23(20-17)14-8-5-4-6-9-14/h4-6,8-9H,3,7,10-12H2,1-2H3. The summed E-state index contributed by atoms with van der Waals surface area (Å²) in [6.45, 7) is 4.32. The molecular weight excluding hydrogens is 350 g/mol. The van der Waals surface area contributed by atoms with Crippen molar-refractivity contribution in [3.05, 3.63) is 41.7 Å². The zero-order valence-corrected chi connectivity index (χ0v) is 15.3. The molecular formula is C18H21N5O4. The molecule has 2 aromatic rings. The Kier molecular flexibility index (Phi) is 5.49. The van der Waals surface area contributed by atoms with Gasteiger partial charge in [-0.25, -0.2) is 5.01 Å². The second kappa shape index (κ2) is 7.98. The van der Waals surface area contributed by atoms with Crippen LogP contribution in [0.5, 0.6) is 0 Å². The van der Waals surface area contributed by atoms with E-state index in [0.29, 0.717) is 25.2 Å². The number of hydrazine groups is 1. The Hall–Kier alpha value is -3.23. The molecule has 27 heavy (non-hydrogen) atoms. The van der Waals surface area contributed by atoms with Crippen molar-refractivity contribution in [1.29, 1.82) is 0 Å². The van der Waals surface area contributed by atoms with Gasteiger partial charge < -0.3 is 4.74 Å². The van der Waals surface area contributed by atoms with E-state index in [2.05, 4.69) is 10.2 Å². The van der Waals surface area contributed by atoms with Gasteiger partial charge in [-0.15, -0.1) is 5.10 Å². The molecule has 2 amide bonds. The lowest BCUT2D eigenvalue weighted by atomic mass is 10.3. The SMILES string of the molecule is CCOC(=O)CC(=O)N1CCCN1C(=O)c1nn(-c2ccccc2)nc1C. The average molecular weight is 371 g/mol. The van der Waals surface area contributed by atoms with Crippen molar-refractivity contribution in [2.45, 2.75) is 26.7 Å². The van der Waals surface area contributed by atoms with Crippen molar-refractivity contribution >= 4 is 17.8 Å². The molecule has 0 radical (unpaired) electrons. The van der Waals surface area contributed by atoms with Gasteiger partial charge in [-0.05, 0) is 32.4 Å². The number of nitrogens with zero attached hydrogens (tertiary/aromatic N) is 5. The van der Waals surface area contributed by atoms with E-state index in [-0.39, 0.29) is 12.3 Å². The molecule has 0 bridgehead atoms. The Labute approximate surface area is 156 Å². The molecule has 1 saturated heterocycles. The van der Waals surface area contributed by atoms with Crippen LogP contribution in [0.25, 0.3) is 5.69 Å². The molecule has 1 aromatic heterocycles. The fraction of sp³-hybridized carbons (Fsp3) is 0.389. The third kappa shape index (κ3) is 3.97. The zero-order valence-electron chi connectivity index (χ0n) is 15.3. The molecule has 0 atom stereocenters. The summed E-state index contributed by atoms with van der Waals surface area (Å²) >= 11 is 0. The fourth-order valence-corrected chi connectivity index (χ4v) is 2.88. The molecule has 0 spiro atoms. The Morgan fingerprint density at radius 2 is 1.78 bits per heavy atom. The van der Waals surface area contributed by atoms with Crippen LogP contribution in [0, 0.1) is 6.92 Å². The Morgan fingerprint density at radius 3 is 2.48 bits per heavy atom. The molecule has 1 aromatic carbocycles. The van der Waals surface area contributed by atoms with E-state index in [9.17, 15) is 14.4 Å². The number of carbonyl (C=O) groups excluding carboxylic acids is 3. The number of hydrogen-bond acceptors (Lipinski definition) is 6. The van der Waals surface area contributed by atoms with Crippen LogP contribution in [-0.2, 0) is 14.3 Å². The number of rotatable bonds is 5. The summed E-state index contributed by atoms with van der Waals surface area (Å²) in [5.41, 5.74) is 1.37. The highest BCUT2D eigenvalue weighted by molar-refractivity contribution is 5.98. The normalized spacial score (nSPS) is 13.7. The molecule has 1 fully saturated rings. The first-order valence-corrected chi connectivity index (χ1v) is 8.78. The number of ether oxygens (including phenoxy) is 1. The van der Waals surface area contributed by atoms with Gasteiger partial charge in [0.1, 0.15) is 6.42 Å². The smallest absolute Gasteiger partial charge is 0.315 e. The topological polar surface area (TPSA) is 97.6 Å². The van der Waals surface area contributed by atoms with E-state index in [0.717, 1.165) is 5.69 Å². The maximum absolute atomic E-state index is 12.9. The highest BCUT2D eigenvalue weighted by Gasteiger charge is 2.34. The van der Waals surface area contributed by atoms with Crippen LogP contribution in [0.15, 0.2) is 30.3 Å². The summed E-state index contributed by atoms with van der Waals surface area (Å²) in [5, 5.41) is 11.2. The first-order valence-electron chi connectivity index (χ1n) is 8.78. The first-order chi connectivity index (χ1) is 13.0. The molecule has 0 aliphatic carbocycles. The Morgan fingerprint density at radius 1 is 1.07 bits per heavy atom. The summed E-state index contributed by atoms with van der Waals surface area (Å²) < 4.78 is 4.81. The second-order valence-corrected chi connectivity index (χ2v) is 6.04. The maximum atomic E-state index is 12.9. The quantitative estimate of drug-likeness (QED) is 0.577. The maximum Gasteiger partial charge on any atom is 0.315 e. The largest absolute Gasteiger partial charge is 0.466 e. The van der Waals surface area contributed by atoms with Crippen molar-refractivity contribution in [3.63, 3.8) is 0 Å². The summed E-state index contributed by atoms with van der Waals surface area (Å²) in [4.78, 5) is 38.3. The number of carbonyl (C=O) groups is 3. The van der Waals surface area contributed by atoms with Crippen molar-refractivity contribution < 1.29 is 19.1 Å². The van der Waals surface area contributed by atoms with Gasteiger partial charge in [-0.2, -0.15) is 9.90 Å². The van der Waals surface area contributed by atoms with E-state index in [1.807, 2.05) is 30.3 Å². The first kappa shape index (κ1) is 18.6. The Bertz CT molecular complexity index is 849. The van der Waals surface area contributed by atoms with Crippen molar-refractivity contribution in [2.75, 3.05) is 19.7 Å². The third-order valence-corrected chi connectivity index (χ3v) is 4.13. The van der Waals surface area contributed by atoms with E-state index in [4.69, 9.17) is 4.74 Å². The zero-order chi connectivity index (χ0) is 19.4. The summed E-state index contributed by atoms with van der Waals surface area (Å²) in [7, 11) is 0. The van der Waals surface area contributed by atoms with Gasteiger partial charge in [-0.3, -0.25) is 19.4 Å². The summed E-state index contributed by atoms with van der Waals surface area (Å²) in [5.74, 6) is -1.48. The minimum Gasteiger partial charge on any atom is -0.466 e. The predicted molar refractivity (Wildman–Crippen MR) is 94.7 cm³/mol. The van der Waals surface area contributed by atoms with E-state index >= 15 is 0 Å². The van der Waals surface area contributed by atoms with Crippen molar-refractivity contribution in [1.82, 2.24) is 25.0 Å². The van der Waals surface area contributed by atoms with Gasteiger partial charge in [0.25, 0.3) is 11.8 Å².